The highest BCUT2D eigenvalue weighted by Gasteiger charge is 2.17. The molecule has 0 aliphatic rings. The molecule has 0 spiro atoms. The van der Waals surface area contributed by atoms with E-state index in [0.29, 0.717) is 0 Å². The number of carbonyl (C=O) groups is 2. The second-order valence-corrected chi connectivity index (χ2v) is 8.31. The number of anilines is 1. The molecule has 10 heteroatoms. The SMILES string of the molecule is O=C(NCCNC(=O)c1ccccc1F)c1cccc(S(=O)(=O)Nc2ccc(F)cc2)c1. The van der Waals surface area contributed by atoms with Crippen molar-refractivity contribution >= 4 is 27.5 Å². The maximum absolute atomic E-state index is 13.6. The molecular formula is C22H19F2N3O4S. The molecule has 0 saturated carbocycles. The molecule has 3 aromatic rings. The molecule has 7 nitrogen and oxygen atoms in total. The maximum atomic E-state index is 13.6. The molecule has 0 unspecified atom stereocenters. The van der Waals surface area contributed by atoms with Crippen molar-refractivity contribution in [2.75, 3.05) is 17.8 Å². The van der Waals surface area contributed by atoms with Crippen LogP contribution in [0.15, 0.2) is 77.7 Å². The smallest absolute Gasteiger partial charge is 0.261 e. The minimum atomic E-state index is -4.00. The molecule has 0 saturated heterocycles. The Kier molecular flexibility index (Phi) is 7.16. The molecule has 0 aliphatic carbocycles. The van der Waals surface area contributed by atoms with Crippen molar-refractivity contribution in [2.24, 2.45) is 0 Å². The van der Waals surface area contributed by atoms with Crippen molar-refractivity contribution in [1.29, 1.82) is 0 Å². The van der Waals surface area contributed by atoms with Gasteiger partial charge in [-0.3, -0.25) is 14.3 Å². The van der Waals surface area contributed by atoms with Crippen LogP contribution in [-0.2, 0) is 10.0 Å². The molecule has 3 N–H and O–H groups in total. The highest BCUT2D eigenvalue weighted by Crippen LogP contribution is 2.17. The average molecular weight is 459 g/mol. The number of sulfonamides is 1. The number of carbonyl (C=O) groups excluding carboxylic acids is 2. The lowest BCUT2D eigenvalue weighted by Gasteiger charge is -2.10. The molecule has 0 atom stereocenters. The van der Waals surface area contributed by atoms with E-state index in [0.717, 1.165) is 12.1 Å². The monoisotopic (exact) mass is 459 g/mol. The lowest BCUT2D eigenvalue weighted by Crippen LogP contribution is -2.35. The summed E-state index contributed by atoms with van der Waals surface area (Å²) in [5.74, 6) is -2.32. The first kappa shape index (κ1) is 22.9. The van der Waals surface area contributed by atoms with Gasteiger partial charge in [0, 0.05) is 24.3 Å². The summed E-state index contributed by atoms with van der Waals surface area (Å²) in [5, 5.41) is 5.04. The number of hydrogen-bond donors (Lipinski definition) is 3. The zero-order chi connectivity index (χ0) is 23.1. The predicted molar refractivity (Wildman–Crippen MR) is 115 cm³/mol. The summed E-state index contributed by atoms with van der Waals surface area (Å²) in [5.41, 5.74) is 0.157. The summed E-state index contributed by atoms with van der Waals surface area (Å²) >= 11 is 0. The third-order valence-corrected chi connectivity index (χ3v) is 5.70. The van der Waals surface area contributed by atoms with Gasteiger partial charge < -0.3 is 10.6 Å². The van der Waals surface area contributed by atoms with Gasteiger partial charge in [-0.15, -0.1) is 0 Å². The molecule has 3 rings (SSSR count). The van der Waals surface area contributed by atoms with Gasteiger partial charge in [-0.1, -0.05) is 18.2 Å². The first-order valence-corrected chi connectivity index (χ1v) is 10.9. The largest absolute Gasteiger partial charge is 0.350 e. The van der Waals surface area contributed by atoms with Crippen LogP contribution in [-0.4, -0.2) is 33.3 Å². The molecule has 0 radical (unpaired) electrons. The fourth-order valence-corrected chi connectivity index (χ4v) is 3.84. The zero-order valence-corrected chi connectivity index (χ0v) is 17.5. The van der Waals surface area contributed by atoms with Crippen molar-refractivity contribution in [3.05, 3.63) is 95.6 Å². The third-order valence-electron chi connectivity index (χ3n) is 4.32. The number of benzene rings is 3. The van der Waals surface area contributed by atoms with E-state index in [9.17, 15) is 26.8 Å². The molecule has 0 heterocycles. The topological polar surface area (TPSA) is 104 Å². The fourth-order valence-electron chi connectivity index (χ4n) is 2.73. The van der Waals surface area contributed by atoms with Crippen LogP contribution < -0.4 is 15.4 Å². The molecule has 32 heavy (non-hydrogen) atoms. The molecule has 0 aliphatic heterocycles. The summed E-state index contributed by atoms with van der Waals surface area (Å²) in [4.78, 5) is 24.1. The third kappa shape index (κ3) is 5.88. The van der Waals surface area contributed by atoms with Gasteiger partial charge in [-0.25, -0.2) is 17.2 Å². The second kappa shape index (κ2) is 10.0. The minimum absolute atomic E-state index is 0.0447. The van der Waals surface area contributed by atoms with E-state index in [1.165, 1.54) is 60.7 Å². The summed E-state index contributed by atoms with van der Waals surface area (Å²) in [6.45, 7) is 0.0901. The van der Waals surface area contributed by atoms with Gasteiger partial charge in [0.25, 0.3) is 21.8 Å². The van der Waals surface area contributed by atoms with Gasteiger partial charge in [-0.2, -0.15) is 0 Å². The van der Waals surface area contributed by atoms with Crippen LogP contribution in [0.5, 0.6) is 0 Å². The van der Waals surface area contributed by atoms with Gasteiger partial charge in [0.15, 0.2) is 0 Å². The Morgan fingerprint density at radius 2 is 1.44 bits per heavy atom. The first-order valence-electron chi connectivity index (χ1n) is 9.45. The van der Waals surface area contributed by atoms with E-state index in [-0.39, 0.29) is 34.8 Å². The lowest BCUT2D eigenvalue weighted by molar-refractivity contribution is 0.0925. The van der Waals surface area contributed by atoms with E-state index < -0.39 is 33.5 Å². The standard InChI is InChI=1S/C22H19F2N3O4S/c23-16-8-10-17(11-9-16)27-32(30,31)18-5-3-4-15(14-18)21(28)25-12-13-26-22(29)19-6-1-2-7-20(19)24/h1-11,14,27H,12-13H2,(H,25,28)(H,26,29). The van der Waals surface area contributed by atoms with E-state index in [1.54, 1.807) is 0 Å². The van der Waals surface area contributed by atoms with E-state index in [4.69, 9.17) is 0 Å². The summed E-state index contributed by atoms with van der Waals surface area (Å²) in [6.07, 6.45) is 0. The van der Waals surface area contributed by atoms with E-state index in [2.05, 4.69) is 15.4 Å². The minimum Gasteiger partial charge on any atom is -0.350 e. The molecular weight excluding hydrogens is 440 g/mol. The number of hydrogen-bond acceptors (Lipinski definition) is 4. The van der Waals surface area contributed by atoms with Crippen LogP contribution in [0.4, 0.5) is 14.5 Å². The quantitative estimate of drug-likeness (QED) is 0.451. The van der Waals surface area contributed by atoms with Crippen molar-refractivity contribution in [2.45, 2.75) is 4.90 Å². The number of nitrogens with one attached hydrogen (secondary N) is 3. The molecule has 3 aromatic carbocycles. The van der Waals surface area contributed by atoms with Crippen molar-refractivity contribution in [3.8, 4) is 0 Å². The fraction of sp³-hybridized carbons (Fsp3) is 0.0909. The Hall–Kier alpha value is -3.79. The predicted octanol–water partition coefficient (Wildman–Crippen LogP) is 2.93. The number of amides is 2. The van der Waals surface area contributed by atoms with Gasteiger partial charge >= 0.3 is 0 Å². The van der Waals surface area contributed by atoms with E-state index in [1.807, 2.05) is 0 Å². The Labute approximate surface area is 183 Å². The molecule has 2 amide bonds. The summed E-state index contributed by atoms with van der Waals surface area (Å²) in [6, 6.07) is 15.7. The summed E-state index contributed by atoms with van der Waals surface area (Å²) < 4.78 is 54.0. The molecule has 0 bridgehead atoms. The Morgan fingerprint density at radius 1 is 0.781 bits per heavy atom. The van der Waals surface area contributed by atoms with Crippen LogP contribution in [0.3, 0.4) is 0 Å². The Bertz CT molecular complexity index is 1230. The van der Waals surface area contributed by atoms with Gasteiger partial charge in [0.2, 0.25) is 0 Å². The van der Waals surface area contributed by atoms with Gasteiger partial charge in [0.1, 0.15) is 11.6 Å². The Balaban J connectivity index is 1.57. The van der Waals surface area contributed by atoms with Crippen molar-refractivity contribution in [1.82, 2.24) is 10.6 Å². The average Bonchev–Trinajstić information content (AvgIpc) is 2.78. The van der Waals surface area contributed by atoms with Crippen LogP contribution in [0.1, 0.15) is 20.7 Å². The van der Waals surface area contributed by atoms with Crippen molar-refractivity contribution in [3.63, 3.8) is 0 Å². The first-order chi connectivity index (χ1) is 15.3. The van der Waals surface area contributed by atoms with Gasteiger partial charge in [-0.05, 0) is 54.6 Å². The summed E-state index contributed by atoms with van der Waals surface area (Å²) in [7, 11) is -4.00. The molecule has 0 aromatic heterocycles. The molecule has 0 fully saturated rings. The van der Waals surface area contributed by atoms with Crippen LogP contribution in [0.25, 0.3) is 0 Å². The van der Waals surface area contributed by atoms with Crippen LogP contribution in [0, 0.1) is 11.6 Å². The zero-order valence-electron chi connectivity index (χ0n) is 16.6. The normalized spacial score (nSPS) is 10.9. The second-order valence-electron chi connectivity index (χ2n) is 6.63. The highest BCUT2D eigenvalue weighted by atomic mass is 32.2. The van der Waals surface area contributed by atoms with Crippen molar-refractivity contribution < 1.29 is 26.8 Å². The number of halogens is 2. The van der Waals surface area contributed by atoms with Crippen LogP contribution >= 0.6 is 0 Å². The highest BCUT2D eigenvalue weighted by molar-refractivity contribution is 7.92. The van der Waals surface area contributed by atoms with Crippen LogP contribution in [0.2, 0.25) is 0 Å². The van der Waals surface area contributed by atoms with E-state index >= 15 is 0 Å². The Morgan fingerprint density at radius 3 is 2.12 bits per heavy atom. The number of rotatable bonds is 8. The van der Waals surface area contributed by atoms with Gasteiger partial charge in [0.05, 0.1) is 10.5 Å². The lowest BCUT2D eigenvalue weighted by atomic mass is 10.2. The maximum Gasteiger partial charge on any atom is 0.261 e. The molecule has 166 valence electrons.